The monoisotopic (exact) mass is 376 g/mol. The van der Waals surface area contributed by atoms with Crippen molar-refractivity contribution in [1.29, 1.82) is 0 Å². The molecule has 0 aromatic heterocycles. The van der Waals surface area contributed by atoms with E-state index in [2.05, 4.69) is 0 Å². The van der Waals surface area contributed by atoms with E-state index >= 15 is 0 Å². The molecule has 0 aliphatic heterocycles. The highest BCUT2D eigenvalue weighted by molar-refractivity contribution is 6.36. The van der Waals surface area contributed by atoms with E-state index in [1.807, 2.05) is 0 Å². The minimum Gasteiger partial charge on any atom is -0.281 e. The third-order valence-corrected chi connectivity index (χ3v) is 2.34. The van der Waals surface area contributed by atoms with E-state index in [1.165, 1.54) is 0 Å². The predicted octanol–water partition coefficient (Wildman–Crippen LogP) is 3.49. The summed E-state index contributed by atoms with van der Waals surface area (Å²) < 4.78 is 161. The topological polar surface area (TPSA) is 34.1 Å². The van der Waals surface area contributed by atoms with Crippen LogP contribution in [0, 0.1) is 0 Å². The summed E-state index contributed by atoms with van der Waals surface area (Å²) in [7, 11) is 0. The lowest BCUT2D eigenvalue weighted by molar-refractivity contribution is -0.406. The largest absolute Gasteiger partial charge is 0.386 e. The summed E-state index contributed by atoms with van der Waals surface area (Å²) >= 11 is 0. The molecular formula is C8HF13O2. The highest BCUT2D eigenvalue weighted by Gasteiger charge is 2.89. The van der Waals surface area contributed by atoms with E-state index in [-0.39, 0.29) is 0 Å². The molecule has 0 fully saturated rings. The lowest BCUT2D eigenvalue weighted by Gasteiger charge is -2.38. The second kappa shape index (κ2) is 5.51. The third kappa shape index (κ3) is 2.73. The van der Waals surface area contributed by atoms with Crippen molar-refractivity contribution < 1.29 is 66.7 Å². The van der Waals surface area contributed by atoms with Crippen LogP contribution in [0.5, 0.6) is 0 Å². The molecule has 0 unspecified atom stereocenters. The number of carbonyl (C=O) groups excluding carboxylic acids is 2. The first-order chi connectivity index (χ1) is 9.80. The quantitative estimate of drug-likeness (QED) is 0.387. The maximum absolute atomic E-state index is 12.8. The highest BCUT2D eigenvalue weighted by atomic mass is 19.4. The van der Waals surface area contributed by atoms with E-state index in [1.54, 1.807) is 0 Å². The van der Waals surface area contributed by atoms with Crippen LogP contribution in [0.2, 0.25) is 0 Å². The number of rotatable bonds is 7. The average Bonchev–Trinajstić information content (AvgIpc) is 2.36. The van der Waals surface area contributed by atoms with Crippen molar-refractivity contribution in [2.75, 3.05) is 0 Å². The molecule has 0 spiro atoms. The number of Topliss-reactive ketones (excluding diaryl/α,β-unsaturated/α-hetero) is 1. The van der Waals surface area contributed by atoms with Crippen molar-refractivity contribution >= 4 is 11.8 Å². The minimum absolute atomic E-state index is 3.99. The van der Waals surface area contributed by atoms with Crippen LogP contribution < -0.4 is 0 Å². The van der Waals surface area contributed by atoms with E-state index in [9.17, 15) is 66.7 Å². The number of carbonyl (C=O) groups is 2. The van der Waals surface area contributed by atoms with Crippen molar-refractivity contribution in [1.82, 2.24) is 0 Å². The molecule has 0 amide bonds. The van der Waals surface area contributed by atoms with Crippen molar-refractivity contribution in [3.05, 3.63) is 0 Å². The molecule has 0 bridgehead atoms. The molecule has 2 nitrogen and oxygen atoms in total. The van der Waals surface area contributed by atoms with Gasteiger partial charge in [0.2, 0.25) is 0 Å². The van der Waals surface area contributed by atoms with Gasteiger partial charge in [0.25, 0.3) is 0 Å². The first kappa shape index (κ1) is 21.4. The Bertz CT molecular complexity index is 494. The van der Waals surface area contributed by atoms with Gasteiger partial charge in [-0.2, -0.15) is 48.3 Å². The second-order valence-corrected chi connectivity index (χ2v) is 3.82. The zero-order valence-electron chi connectivity index (χ0n) is 9.81. The van der Waals surface area contributed by atoms with Crippen LogP contribution in [-0.2, 0) is 9.59 Å². The van der Waals surface area contributed by atoms with Crippen LogP contribution in [0.4, 0.5) is 57.1 Å². The maximum Gasteiger partial charge on any atom is 0.386 e. The van der Waals surface area contributed by atoms with Gasteiger partial charge < -0.3 is 0 Å². The first-order valence-corrected chi connectivity index (χ1v) is 4.71. The van der Waals surface area contributed by atoms with Crippen molar-refractivity contribution in [2.45, 2.75) is 36.0 Å². The van der Waals surface area contributed by atoms with Gasteiger partial charge in [-0.25, -0.2) is 8.78 Å². The van der Waals surface area contributed by atoms with Gasteiger partial charge in [-0.3, -0.25) is 9.59 Å². The SMILES string of the molecule is O=C(F)C(=O)C(F)(F)C(F)(F)C(F)(F)C(F)(F)C(F)(F)C(F)F. The molecule has 0 aromatic carbocycles. The molecule has 0 heterocycles. The smallest absolute Gasteiger partial charge is 0.281 e. The van der Waals surface area contributed by atoms with Gasteiger partial charge in [0.05, 0.1) is 0 Å². The van der Waals surface area contributed by atoms with E-state index < -0.39 is 47.9 Å². The molecule has 23 heavy (non-hydrogen) atoms. The molecule has 0 aliphatic carbocycles. The van der Waals surface area contributed by atoms with Gasteiger partial charge in [0.1, 0.15) is 0 Å². The third-order valence-electron chi connectivity index (χ3n) is 2.34. The molecule has 0 aromatic rings. The summed E-state index contributed by atoms with van der Waals surface area (Å²) in [6, 6.07) is -3.99. The van der Waals surface area contributed by atoms with E-state index in [0.29, 0.717) is 0 Å². The number of halogens is 13. The molecule has 0 aliphatic rings. The van der Waals surface area contributed by atoms with Gasteiger partial charge in [-0.1, -0.05) is 0 Å². The fourth-order valence-electron chi connectivity index (χ4n) is 1.01. The predicted molar refractivity (Wildman–Crippen MR) is 41.9 cm³/mol. The fraction of sp³-hybridized carbons (Fsp3) is 0.750. The molecular weight excluding hydrogens is 375 g/mol. The van der Waals surface area contributed by atoms with Crippen molar-refractivity contribution in [2.24, 2.45) is 0 Å². The maximum atomic E-state index is 12.8. The summed E-state index contributed by atoms with van der Waals surface area (Å²) in [6.07, 6.45) is -5.70. The molecule has 0 N–H and O–H groups in total. The van der Waals surface area contributed by atoms with Gasteiger partial charge in [-0.05, 0) is 0 Å². The second-order valence-electron chi connectivity index (χ2n) is 3.82. The van der Waals surface area contributed by atoms with Gasteiger partial charge >= 0.3 is 47.9 Å². The zero-order chi connectivity index (χ0) is 19.2. The number of alkyl halides is 12. The fourth-order valence-corrected chi connectivity index (χ4v) is 1.01. The molecule has 0 saturated heterocycles. The summed E-state index contributed by atoms with van der Waals surface area (Å²) in [4.78, 5) is 19.7. The molecule has 136 valence electrons. The zero-order valence-corrected chi connectivity index (χ0v) is 9.81. The van der Waals surface area contributed by atoms with Crippen LogP contribution >= 0.6 is 0 Å². The summed E-state index contributed by atoms with van der Waals surface area (Å²) in [5, 5.41) is 0. The standard InChI is InChI=1S/C8HF13O2/c9-2(23)1(22)4(12,13)6(16,17)8(20,21)7(18,19)5(14,15)3(10)11/h3H. The highest BCUT2D eigenvalue weighted by Crippen LogP contribution is 2.58. The average molecular weight is 376 g/mol. The van der Waals surface area contributed by atoms with Crippen LogP contribution in [0.15, 0.2) is 0 Å². The van der Waals surface area contributed by atoms with Crippen LogP contribution in [0.1, 0.15) is 0 Å². The van der Waals surface area contributed by atoms with Gasteiger partial charge in [-0.15, -0.1) is 0 Å². The Morgan fingerprint density at radius 3 is 1.26 bits per heavy atom. The molecule has 0 saturated carbocycles. The Morgan fingerprint density at radius 1 is 0.652 bits per heavy atom. The lowest BCUT2D eigenvalue weighted by Crippen LogP contribution is -2.70. The van der Waals surface area contributed by atoms with Crippen molar-refractivity contribution in [3.8, 4) is 0 Å². The molecule has 15 heteroatoms. The Kier molecular flexibility index (Phi) is 5.13. The summed E-state index contributed by atoms with van der Waals surface area (Å²) in [5.41, 5.74) is 0. The molecule has 0 radical (unpaired) electrons. The Balaban J connectivity index is 6.28. The Hall–Kier alpha value is -1.57. The molecule has 0 atom stereocenters. The lowest BCUT2D eigenvalue weighted by atomic mass is 9.92. The minimum atomic E-state index is -7.98. The first-order valence-electron chi connectivity index (χ1n) is 4.71. The van der Waals surface area contributed by atoms with E-state index in [0.717, 1.165) is 0 Å². The summed E-state index contributed by atoms with van der Waals surface area (Å²) in [6.45, 7) is 0. The normalized spacial score (nSPS) is 15.0. The van der Waals surface area contributed by atoms with E-state index in [4.69, 9.17) is 0 Å². The number of ketones is 1. The van der Waals surface area contributed by atoms with Crippen LogP contribution in [0.25, 0.3) is 0 Å². The van der Waals surface area contributed by atoms with Crippen LogP contribution in [0.3, 0.4) is 0 Å². The Labute approximate surface area is 116 Å². The number of hydrogen-bond acceptors (Lipinski definition) is 2. The number of hydrogen-bond donors (Lipinski definition) is 0. The van der Waals surface area contributed by atoms with Crippen molar-refractivity contribution in [3.63, 3.8) is 0 Å². The van der Waals surface area contributed by atoms with Gasteiger partial charge in [0, 0.05) is 0 Å². The Morgan fingerprint density at radius 2 is 1.00 bits per heavy atom. The van der Waals surface area contributed by atoms with Crippen LogP contribution in [-0.4, -0.2) is 47.9 Å². The summed E-state index contributed by atoms with van der Waals surface area (Å²) in [5.74, 6) is -42.3. The van der Waals surface area contributed by atoms with Gasteiger partial charge in [0.15, 0.2) is 0 Å². The molecule has 0 rings (SSSR count).